The lowest BCUT2D eigenvalue weighted by molar-refractivity contribution is -0.119. The largest absolute Gasteiger partial charge is 0.454 e. The Bertz CT molecular complexity index is 777. The molecule has 0 saturated carbocycles. The summed E-state index contributed by atoms with van der Waals surface area (Å²) < 4.78 is 10.1. The lowest BCUT2D eigenvalue weighted by Gasteiger charge is -2.35. The lowest BCUT2D eigenvalue weighted by atomic mass is 10.2. The van der Waals surface area contributed by atoms with Gasteiger partial charge >= 0.3 is 5.97 Å². The van der Waals surface area contributed by atoms with Crippen molar-refractivity contribution < 1.29 is 18.7 Å². The van der Waals surface area contributed by atoms with E-state index in [1.54, 1.807) is 13.0 Å². The highest BCUT2D eigenvalue weighted by atomic mass is 16.5. The first-order chi connectivity index (χ1) is 13.0. The van der Waals surface area contributed by atoms with Crippen LogP contribution in [0.25, 0.3) is 0 Å². The molecule has 1 aliphatic rings. The third-order valence-corrected chi connectivity index (χ3v) is 4.61. The number of carbonyl (C=O) groups is 2. The highest BCUT2D eigenvalue weighted by Crippen LogP contribution is 2.19. The molecule has 0 aliphatic carbocycles. The maximum absolute atomic E-state index is 12.0. The minimum atomic E-state index is -0.653. The number of esters is 1. The van der Waals surface area contributed by atoms with Crippen LogP contribution in [-0.2, 0) is 9.53 Å². The van der Waals surface area contributed by atoms with Crippen LogP contribution in [0.3, 0.4) is 0 Å². The van der Waals surface area contributed by atoms with Crippen molar-refractivity contribution in [1.29, 1.82) is 0 Å². The second-order valence-electron chi connectivity index (χ2n) is 6.50. The number of amides is 1. The zero-order valence-corrected chi connectivity index (χ0v) is 15.7. The zero-order valence-electron chi connectivity index (χ0n) is 15.7. The van der Waals surface area contributed by atoms with E-state index < -0.39 is 11.9 Å². The second-order valence-corrected chi connectivity index (χ2v) is 6.50. The fraction of sp³-hybridized carbons (Fsp3) is 0.400. The van der Waals surface area contributed by atoms with Crippen LogP contribution in [-0.4, -0.2) is 56.1 Å². The van der Waals surface area contributed by atoms with Crippen molar-refractivity contribution in [2.75, 3.05) is 49.5 Å². The van der Waals surface area contributed by atoms with E-state index >= 15 is 0 Å². The molecule has 1 saturated heterocycles. The first kappa shape index (κ1) is 19.0. The minimum absolute atomic E-state index is 0.0906. The van der Waals surface area contributed by atoms with Gasteiger partial charge in [0.2, 0.25) is 5.76 Å². The Morgan fingerprint density at radius 2 is 1.78 bits per heavy atom. The van der Waals surface area contributed by atoms with Gasteiger partial charge in [0, 0.05) is 37.6 Å². The van der Waals surface area contributed by atoms with E-state index in [0.29, 0.717) is 11.4 Å². The Labute approximate surface area is 158 Å². The number of hydrogen-bond acceptors (Lipinski definition) is 6. The van der Waals surface area contributed by atoms with Crippen molar-refractivity contribution in [2.45, 2.75) is 13.8 Å². The average molecular weight is 371 g/mol. The van der Waals surface area contributed by atoms with Gasteiger partial charge in [0.15, 0.2) is 6.61 Å². The lowest BCUT2D eigenvalue weighted by Crippen LogP contribution is -2.46. The van der Waals surface area contributed by atoms with Crippen LogP contribution in [0.1, 0.15) is 23.2 Å². The number of hydrogen-bond donors (Lipinski definition) is 1. The molecule has 1 amide bonds. The van der Waals surface area contributed by atoms with Gasteiger partial charge in [-0.1, -0.05) is 6.92 Å². The number of benzene rings is 1. The Balaban J connectivity index is 1.46. The number of aryl methyl sites for hydroxylation is 1. The summed E-state index contributed by atoms with van der Waals surface area (Å²) in [6.07, 6.45) is 0. The Morgan fingerprint density at radius 1 is 1.07 bits per heavy atom. The third kappa shape index (κ3) is 5.10. The van der Waals surface area contributed by atoms with Crippen LogP contribution in [0.2, 0.25) is 0 Å². The van der Waals surface area contributed by atoms with Gasteiger partial charge in [0.05, 0.1) is 0 Å². The van der Waals surface area contributed by atoms with Gasteiger partial charge in [-0.25, -0.2) is 4.79 Å². The molecular formula is C20H25N3O4. The van der Waals surface area contributed by atoms with Crippen molar-refractivity contribution >= 4 is 23.3 Å². The molecule has 2 heterocycles. The van der Waals surface area contributed by atoms with E-state index in [0.717, 1.165) is 38.4 Å². The summed E-state index contributed by atoms with van der Waals surface area (Å²) in [6, 6.07) is 10.9. The summed E-state index contributed by atoms with van der Waals surface area (Å²) in [4.78, 5) is 28.5. The van der Waals surface area contributed by atoms with Crippen LogP contribution in [0.5, 0.6) is 0 Å². The number of rotatable bonds is 6. The van der Waals surface area contributed by atoms with Crippen molar-refractivity contribution in [3.05, 3.63) is 47.9 Å². The molecule has 27 heavy (non-hydrogen) atoms. The van der Waals surface area contributed by atoms with E-state index in [1.807, 2.05) is 24.3 Å². The van der Waals surface area contributed by atoms with E-state index in [4.69, 9.17) is 9.15 Å². The second kappa shape index (κ2) is 8.73. The summed E-state index contributed by atoms with van der Waals surface area (Å²) in [5, 5.41) is 2.73. The number of carbonyl (C=O) groups excluding carboxylic acids is 2. The molecular weight excluding hydrogens is 346 g/mol. The van der Waals surface area contributed by atoms with Gasteiger partial charge in [-0.05, 0) is 49.9 Å². The summed E-state index contributed by atoms with van der Waals surface area (Å²) in [5.41, 5.74) is 1.81. The first-order valence-corrected chi connectivity index (χ1v) is 9.16. The number of piperazine rings is 1. The topological polar surface area (TPSA) is 75.0 Å². The normalized spacial score (nSPS) is 14.8. The average Bonchev–Trinajstić information content (AvgIpc) is 3.13. The smallest absolute Gasteiger partial charge is 0.374 e. The predicted molar refractivity (Wildman–Crippen MR) is 103 cm³/mol. The summed E-state index contributed by atoms with van der Waals surface area (Å²) in [6.45, 7) is 8.77. The highest BCUT2D eigenvalue weighted by Gasteiger charge is 2.16. The maximum atomic E-state index is 12.0. The number of ether oxygens (including phenoxy) is 1. The number of furan rings is 1. The summed E-state index contributed by atoms with van der Waals surface area (Å²) >= 11 is 0. The van der Waals surface area contributed by atoms with Gasteiger partial charge in [-0.2, -0.15) is 0 Å². The quantitative estimate of drug-likeness (QED) is 0.787. The van der Waals surface area contributed by atoms with Gasteiger partial charge in [-0.3, -0.25) is 4.79 Å². The maximum Gasteiger partial charge on any atom is 0.374 e. The summed E-state index contributed by atoms with van der Waals surface area (Å²) in [5.74, 6) is -0.342. The molecule has 2 aromatic rings. The Hall–Kier alpha value is -2.80. The SMILES string of the molecule is CCN1CCN(c2ccc(NC(=O)COC(=O)c3ccc(C)o3)cc2)CC1. The third-order valence-electron chi connectivity index (χ3n) is 4.61. The molecule has 0 radical (unpaired) electrons. The molecule has 7 heteroatoms. The van der Waals surface area contributed by atoms with Crippen LogP contribution >= 0.6 is 0 Å². The molecule has 144 valence electrons. The zero-order chi connectivity index (χ0) is 19.2. The molecule has 0 unspecified atom stereocenters. The van der Waals surface area contributed by atoms with Crippen LogP contribution in [0.4, 0.5) is 11.4 Å². The fourth-order valence-corrected chi connectivity index (χ4v) is 3.02. The van der Waals surface area contributed by atoms with E-state index in [-0.39, 0.29) is 12.4 Å². The van der Waals surface area contributed by atoms with Crippen molar-refractivity contribution in [3.8, 4) is 0 Å². The number of likely N-dealkylation sites (N-methyl/N-ethyl adjacent to an activating group) is 1. The van der Waals surface area contributed by atoms with Gasteiger partial charge in [0.25, 0.3) is 5.91 Å². The molecule has 1 fully saturated rings. The number of nitrogens with one attached hydrogen (secondary N) is 1. The molecule has 1 aromatic carbocycles. The van der Waals surface area contributed by atoms with Crippen molar-refractivity contribution in [3.63, 3.8) is 0 Å². The van der Waals surface area contributed by atoms with Crippen LogP contribution < -0.4 is 10.2 Å². The van der Waals surface area contributed by atoms with Crippen LogP contribution in [0, 0.1) is 6.92 Å². The van der Waals surface area contributed by atoms with Gasteiger partial charge < -0.3 is 24.3 Å². The molecule has 1 aromatic heterocycles. The molecule has 7 nitrogen and oxygen atoms in total. The Morgan fingerprint density at radius 3 is 2.37 bits per heavy atom. The standard InChI is InChI=1S/C20H25N3O4/c1-3-22-10-12-23(13-11-22)17-7-5-16(6-8-17)21-19(24)14-26-20(25)18-9-4-15(2)27-18/h4-9H,3,10-14H2,1-2H3,(H,21,24). The Kier molecular flexibility index (Phi) is 6.13. The van der Waals surface area contributed by atoms with Crippen molar-refractivity contribution in [2.24, 2.45) is 0 Å². The molecule has 0 atom stereocenters. The predicted octanol–water partition coefficient (Wildman–Crippen LogP) is 2.53. The van der Waals surface area contributed by atoms with Crippen molar-refractivity contribution in [1.82, 2.24) is 4.90 Å². The molecule has 1 aliphatic heterocycles. The number of nitrogens with zero attached hydrogens (tertiary/aromatic N) is 2. The monoisotopic (exact) mass is 371 g/mol. The van der Waals surface area contributed by atoms with E-state index in [1.165, 1.54) is 6.07 Å². The first-order valence-electron chi connectivity index (χ1n) is 9.16. The number of anilines is 2. The molecule has 0 bridgehead atoms. The molecule has 3 rings (SSSR count). The highest BCUT2D eigenvalue weighted by molar-refractivity contribution is 5.94. The minimum Gasteiger partial charge on any atom is -0.454 e. The molecule has 0 spiro atoms. The molecule has 1 N–H and O–H groups in total. The summed E-state index contributed by atoms with van der Waals surface area (Å²) in [7, 11) is 0. The van der Waals surface area contributed by atoms with Gasteiger partial charge in [-0.15, -0.1) is 0 Å². The van der Waals surface area contributed by atoms with E-state index in [2.05, 4.69) is 22.0 Å². The van der Waals surface area contributed by atoms with Crippen LogP contribution in [0.15, 0.2) is 40.8 Å². The van der Waals surface area contributed by atoms with Gasteiger partial charge in [0.1, 0.15) is 5.76 Å². The van der Waals surface area contributed by atoms with E-state index in [9.17, 15) is 9.59 Å². The fourth-order valence-electron chi connectivity index (χ4n) is 3.02.